The first-order valence-electron chi connectivity index (χ1n) is 5.39. The van der Waals surface area contributed by atoms with Crippen LogP contribution < -0.4 is 5.32 Å². The van der Waals surface area contributed by atoms with Crippen LogP contribution in [0.25, 0.3) is 0 Å². The van der Waals surface area contributed by atoms with Crippen LogP contribution in [-0.4, -0.2) is 16.5 Å². The molecule has 2 fully saturated rings. The Morgan fingerprint density at radius 2 is 1.93 bits per heavy atom. The van der Waals surface area contributed by atoms with Gasteiger partial charge in [0, 0.05) is 36.0 Å². The van der Waals surface area contributed by atoms with Gasteiger partial charge in [-0.15, -0.1) is 0 Å². The van der Waals surface area contributed by atoms with E-state index < -0.39 is 0 Å². The summed E-state index contributed by atoms with van der Waals surface area (Å²) >= 11 is 0. The minimum absolute atomic E-state index is 0.520. The number of hydrogen-bond donors (Lipinski definition) is 1. The highest BCUT2D eigenvalue weighted by Crippen LogP contribution is 2.52. The van der Waals surface area contributed by atoms with Crippen LogP contribution in [0.15, 0.2) is 18.7 Å². The van der Waals surface area contributed by atoms with E-state index in [4.69, 9.17) is 0 Å². The van der Waals surface area contributed by atoms with Gasteiger partial charge in [-0.3, -0.25) is 0 Å². The quantitative estimate of drug-likeness (QED) is 0.730. The van der Waals surface area contributed by atoms with E-state index in [0.29, 0.717) is 11.5 Å². The molecule has 3 rings (SSSR count). The number of nitrogens with one attached hydrogen (secondary N) is 1. The lowest BCUT2D eigenvalue weighted by Crippen LogP contribution is -2.54. The van der Waals surface area contributed by atoms with E-state index in [1.165, 1.54) is 37.8 Å². The SMILES string of the molecule is c1ncc(C2NCC23CCCC3)cn1. The van der Waals surface area contributed by atoms with Gasteiger partial charge in [0.2, 0.25) is 0 Å². The molecule has 0 amide bonds. The third-order valence-corrected chi connectivity index (χ3v) is 3.78. The van der Waals surface area contributed by atoms with Gasteiger partial charge in [0.05, 0.1) is 0 Å². The lowest BCUT2D eigenvalue weighted by Gasteiger charge is -2.48. The number of rotatable bonds is 1. The number of aromatic nitrogens is 2. The number of nitrogens with zero attached hydrogens (tertiary/aromatic N) is 2. The summed E-state index contributed by atoms with van der Waals surface area (Å²) in [6.45, 7) is 1.19. The van der Waals surface area contributed by atoms with Crippen molar-refractivity contribution in [3.63, 3.8) is 0 Å². The highest BCUT2D eigenvalue weighted by molar-refractivity contribution is 5.20. The minimum Gasteiger partial charge on any atom is -0.309 e. The Kier molecular flexibility index (Phi) is 1.80. The highest BCUT2D eigenvalue weighted by atomic mass is 15.1. The predicted molar refractivity (Wildman–Crippen MR) is 53.7 cm³/mol. The van der Waals surface area contributed by atoms with Gasteiger partial charge in [0.1, 0.15) is 6.33 Å². The summed E-state index contributed by atoms with van der Waals surface area (Å²) in [5.74, 6) is 0. The summed E-state index contributed by atoms with van der Waals surface area (Å²) in [5.41, 5.74) is 1.81. The van der Waals surface area contributed by atoms with Crippen LogP contribution >= 0.6 is 0 Å². The molecular formula is C11H15N3. The maximum atomic E-state index is 4.09. The summed E-state index contributed by atoms with van der Waals surface area (Å²) in [5, 5.41) is 3.51. The standard InChI is InChI=1S/C11H15N3/c1-2-4-11(3-1)7-14-10(11)9-5-12-8-13-6-9/h5-6,8,10,14H,1-4,7H2. The molecule has 2 aliphatic rings. The lowest BCUT2D eigenvalue weighted by molar-refractivity contribution is 0.0889. The molecule has 74 valence electrons. The maximum Gasteiger partial charge on any atom is 0.115 e. The second-order valence-electron chi connectivity index (χ2n) is 4.56. The highest BCUT2D eigenvalue weighted by Gasteiger charge is 2.48. The Morgan fingerprint density at radius 3 is 2.50 bits per heavy atom. The van der Waals surface area contributed by atoms with Crippen LogP contribution in [-0.2, 0) is 0 Å². The van der Waals surface area contributed by atoms with Crippen LogP contribution in [0.5, 0.6) is 0 Å². The minimum atomic E-state index is 0.520. The Labute approximate surface area is 84.0 Å². The van der Waals surface area contributed by atoms with Gasteiger partial charge in [-0.25, -0.2) is 9.97 Å². The number of hydrogen-bond acceptors (Lipinski definition) is 3. The fourth-order valence-corrected chi connectivity index (χ4v) is 2.97. The molecule has 1 saturated heterocycles. The second kappa shape index (κ2) is 3.02. The van der Waals surface area contributed by atoms with E-state index in [0.717, 1.165) is 0 Å². The molecule has 2 heterocycles. The van der Waals surface area contributed by atoms with Gasteiger partial charge in [-0.2, -0.15) is 0 Å². The Bertz CT molecular complexity index is 317. The molecule has 0 radical (unpaired) electrons. The summed E-state index contributed by atoms with van der Waals surface area (Å²) in [7, 11) is 0. The van der Waals surface area contributed by atoms with Crippen molar-refractivity contribution in [2.45, 2.75) is 31.7 Å². The molecule has 1 aromatic rings. The van der Waals surface area contributed by atoms with Gasteiger partial charge in [-0.05, 0) is 12.8 Å². The van der Waals surface area contributed by atoms with E-state index >= 15 is 0 Å². The molecule has 1 spiro atoms. The molecule has 0 bridgehead atoms. The predicted octanol–water partition coefficient (Wildman–Crippen LogP) is 1.68. The summed E-state index contributed by atoms with van der Waals surface area (Å²) in [6, 6.07) is 0.520. The summed E-state index contributed by atoms with van der Waals surface area (Å²) in [6.07, 6.45) is 11.0. The zero-order valence-electron chi connectivity index (χ0n) is 8.24. The summed E-state index contributed by atoms with van der Waals surface area (Å²) in [4.78, 5) is 8.18. The molecular weight excluding hydrogens is 174 g/mol. The first-order valence-corrected chi connectivity index (χ1v) is 5.39. The zero-order valence-corrected chi connectivity index (χ0v) is 8.24. The smallest absolute Gasteiger partial charge is 0.115 e. The average Bonchev–Trinajstić information content (AvgIpc) is 2.68. The molecule has 3 heteroatoms. The first-order chi connectivity index (χ1) is 6.91. The van der Waals surface area contributed by atoms with Crippen molar-refractivity contribution in [3.8, 4) is 0 Å². The fourth-order valence-electron chi connectivity index (χ4n) is 2.97. The molecule has 0 aromatic carbocycles. The first kappa shape index (κ1) is 8.36. The van der Waals surface area contributed by atoms with Crippen molar-refractivity contribution in [1.29, 1.82) is 0 Å². The van der Waals surface area contributed by atoms with Crippen LogP contribution in [0.4, 0.5) is 0 Å². The molecule has 1 aliphatic carbocycles. The van der Waals surface area contributed by atoms with E-state index in [1.807, 2.05) is 12.4 Å². The Morgan fingerprint density at radius 1 is 1.21 bits per heavy atom. The van der Waals surface area contributed by atoms with Crippen LogP contribution in [0.3, 0.4) is 0 Å². The molecule has 3 nitrogen and oxygen atoms in total. The van der Waals surface area contributed by atoms with E-state index in [9.17, 15) is 0 Å². The Balaban J connectivity index is 1.87. The summed E-state index contributed by atoms with van der Waals surface area (Å²) < 4.78 is 0. The van der Waals surface area contributed by atoms with Gasteiger partial charge < -0.3 is 5.32 Å². The normalized spacial score (nSPS) is 29.0. The monoisotopic (exact) mass is 189 g/mol. The topological polar surface area (TPSA) is 37.8 Å². The van der Waals surface area contributed by atoms with Crippen molar-refractivity contribution in [3.05, 3.63) is 24.3 Å². The van der Waals surface area contributed by atoms with Crippen molar-refractivity contribution < 1.29 is 0 Å². The fraction of sp³-hybridized carbons (Fsp3) is 0.636. The largest absolute Gasteiger partial charge is 0.309 e. The third kappa shape index (κ3) is 1.08. The van der Waals surface area contributed by atoms with Gasteiger partial charge >= 0.3 is 0 Å². The van der Waals surface area contributed by atoms with E-state index in [1.54, 1.807) is 6.33 Å². The molecule has 1 N–H and O–H groups in total. The zero-order chi connectivity index (χ0) is 9.43. The average molecular weight is 189 g/mol. The Hall–Kier alpha value is -0.960. The molecule has 1 unspecified atom stereocenters. The van der Waals surface area contributed by atoms with E-state index in [2.05, 4.69) is 15.3 Å². The molecule has 1 saturated carbocycles. The van der Waals surface area contributed by atoms with Gasteiger partial charge in [-0.1, -0.05) is 12.8 Å². The molecule has 14 heavy (non-hydrogen) atoms. The molecule has 1 aliphatic heterocycles. The molecule has 1 atom stereocenters. The second-order valence-corrected chi connectivity index (χ2v) is 4.56. The maximum absolute atomic E-state index is 4.09. The van der Waals surface area contributed by atoms with Crippen molar-refractivity contribution in [2.75, 3.05) is 6.54 Å². The van der Waals surface area contributed by atoms with Crippen LogP contribution in [0.2, 0.25) is 0 Å². The lowest BCUT2D eigenvalue weighted by atomic mass is 9.70. The van der Waals surface area contributed by atoms with Gasteiger partial charge in [0.15, 0.2) is 0 Å². The van der Waals surface area contributed by atoms with Crippen molar-refractivity contribution >= 4 is 0 Å². The third-order valence-electron chi connectivity index (χ3n) is 3.78. The van der Waals surface area contributed by atoms with Crippen LogP contribution in [0.1, 0.15) is 37.3 Å². The van der Waals surface area contributed by atoms with Crippen molar-refractivity contribution in [1.82, 2.24) is 15.3 Å². The van der Waals surface area contributed by atoms with E-state index in [-0.39, 0.29) is 0 Å². The van der Waals surface area contributed by atoms with Crippen LogP contribution in [0, 0.1) is 5.41 Å². The molecule has 1 aromatic heterocycles. The van der Waals surface area contributed by atoms with Crippen molar-refractivity contribution in [2.24, 2.45) is 5.41 Å². The van der Waals surface area contributed by atoms with Gasteiger partial charge in [0.25, 0.3) is 0 Å².